The van der Waals surface area contributed by atoms with E-state index in [1.54, 1.807) is 0 Å². The average Bonchev–Trinajstić information content (AvgIpc) is 2.37. The Labute approximate surface area is 113 Å². The van der Waals surface area contributed by atoms with Crippen LogP contribution in [0.3, 0.4) is 0 Å². The summed E-state index contributed by atoms with van der Waals surface area (Å²) in [6, 6.07) is 7.36. The minimum absolute atomic E-state index is 0.0344. The van der Waals surface area contributed by atoms with E-state index in [1.807, 2.05) is 24.3 Å². The monoisotopic (exact) mass is 307 g/mol. The number of benzene rings is 1. The average molecular weight is 308 g/mol. The molecule has 5 heteroatoms. The first-order valence-corrected chi connectivity index (χ1v) is 7.25. The fraction of sp³-hybridized carbons (Fsp3) is 0.462. The van der Waals surface area contributed by atoms with Crippen molar-refractivity contribution in [2.45, 2.75) is 25.8 Å². The molecule has 2 aromatic rings. The summed E-state index contributed by atoms with van der Waals surface area (Å²) >= 11 is 3.55. The highest BCUT2D eigenvalue weighted by atomic mass is 79.9. The van der Waals surface area contributed by atoms with Gasteiger partial charge in [0.15, 0.2) is 0 Å². The summed E-state index contributed by atoms with van der Waals surface area (Å²) in [7, 11) is 0. The topological polar surface area (TPSA) is 47.8 Å². The van der Waals surface area contributed by atoms with Crippen LogP contribution in [0.15, 0.2) is 29.1 Å². The second-order valence-electron chi connectivity index (χ2n) is 5.06. The maximum absolute atomic E-state index is 12.3. The summed E-state index contributed by atoms with van der Waals surface area (Å²) in [4.78, 5) is 12.3. The zero-order chi connectivity index (χ0) is 12.6. The summed E-state index contributed by atoms with van der Waals surface area (Å²) in [5, 5.41) is 9.74. The van der Waals surface area contributed by atoms with Gasteiger partial charge in [0.1, 0.15) is 5.52 Å². The number of fused-ring (bicyclic) bond motifs is 1. The first-order chi connectivity index (χ1) is 8.74. The number of nitrogens with zero attached hydrogens (tertiary/aromatic N) is 3. The van der Waals surface area contributed by atoms with Gasteiger partial charge in [-0.25, -0.2) is 4.68 Å². The van der Waals surface area contributed by atoms with Crippen molar-refractivity contribution >= 4 is 26.8 Å². The van der Waals surface area contributed by atoms with Crippen LogP contribution in [0.5, 0.6) is 0 Å². The molecule has 0 spiro atoms. The Morgan fingerprint density at radius 3 is 2.78 bits per heavy atom. The smallest absolute Gasteiger partial charge is 0.267 e. The minimum Gasteiger partial charge on any atom is -0.267 e. The van der Waals surface area contributed by atoms with Crippen molar-refractivity contribution in [1.29, 1.82) is 0 Å². The Morgan fingerprint density at radius 1 is 1.33 bits per heavy atom. The molecule has 1 heterocycles. The lowest BCUT2D eigenvalue weighted by Crippen LogP contribution is -2.40. The molecule has 1 aliphatic rings. The molecule has 0 atom stereocenters. The summed E-state index contributed by atoms with van der Waals surface area (Å²) in [5.41, 5.74) is 0.828. The zero-order valence-corrected chi connectivity index (χ0v) is 11.6. The van der Waals surface area contributed by atoms with E-state index in [0.717, 1.165) is 18.2 Å². The van der Waals surface area contributed by atoms with Crippen molar-refractivity contribution in [2.24, 2.45) is 5.41 Å². The molecule has 0 saturated heterocycles. The lowest BCUT2D eigenvalue weighted by atomic mass is 9.70. The quantitative estimate of drug-likeness (QED) is 0.818. The molecule has 1 saturated carbocycles. The lowest BCUT2D eigenvalue weighted by molar-refractivity contribution is 0.130. The first-order valence-electron chi connectivity index (χ1n) is 6.13. The highest BCUT2D eigenvalue weighted by Crippen LogP contribution is 2.43. The van der Waals surface area contributed by atoms with Crippen molar-refractivity contribution in [1.82, 2.24) is 15.0 Å². The van der Waals surface area contributed by atoms with E-state index >= 15 is 0 Å². The molecule has 4 nitrogen and oxygen atoms in total. The van der Waals surface area contributed by atoms with E-state index in [9.17, 15) is 4.79 Å². The van der Waals surface area contributed by atoms with Gasteiger partial charge in [0.25, 0.3) is 5.56 Å². The fourth-order valence-corrected chi connectivity index (χ4v) is 3.19. The highest BCUT2D eigenvalue weighted by molar-refractivity contribution is 9.09. The van der Waals surface area contributed by atoms with Gasteiger partial charge in [0, 0.05) is 5.33 Å². The number of hydrogen-bond donors (Lipinski definition) is 0. The molecular weight excluding hydrogens is 294 g/mol. The predicted octanol–water partition coefficient (Wildman–Crippen LogP) is 2.36. The van der Waals surface area contributed by atoms with Crippen molar-refractivity contribution in [3.05, 3.63) is 34.6 Å². The molecule has 0 N–H and O–H groups in total. The third kappa shape index (κ3) is 1.86. The third-order valence-corrected chi connectivity index (χ3v) is 5.00. The Bertz CT molecular complexity index is 628. The van der Waals surface area contributed by atoms with E-state index in [-0.39, 0.29) is 11.0 Å². The van der Waals surface area contributed by atoms with Crippen molar-refractivity contribution in [3.8, 4) is 0 Å². The van der Waals surface area contributed by atoms with Crippen molar-refractivity contribution in [3.63, 3.8) is 0 Å². The minimum atomic E-state index is -0.0344. The fourth-order valence-electron chi connectivity index (χ4n) is 2.46. The maximum Gasteiger partial charge on any atom is 0.277 e. The van der Waals surface area contributed by atoms with Crippen LogP contribution in [-0.4, -0.2) is 20.3 Å². The molecule has 1 aromatic heterocycles. The Morgan fingerprint density at radius 2 is 2.11 bits per heavy atom. The normalized spacial score (nSPS) is 17.6. The number of rotatable bonds is 3. The van der Waals surface area contributed by atoms with Gasteiger partial charge in [0.05, 0.1) is 11.9 Å². The van der Waals surface area contributed by atoms with E-state index in [2.05, 4.69) is 26.2 Å². The summed E-state index contributed by atoms with van der Waals surface area (Å²) < 4.78 is 1.52. The second kappa shape index (κ2) is 4.46. The maximum atomic E-state index is 12.3. The summed E-state index contributed by atoms with van der Waals surface area (Å²) in [6.45, 7) is 0.662. The zero-order valence-electron chi connectivity index (χ0n) is 9.97. The lowest BCUT2D eigenvalue weighted by Gasteiger charge is -2.40. The highest BCUT2D eigenvalue weighted by Gasteiger charge is 2.37. The van der Waals surface area contributed by atoms with E-state index in [0.29, 0.717) is 17.4 Å². The summed E-state index contributed by atoms with van der Waals surface area (Å²) in [6.07, 6.45) is 3.54. The van der Waals surface area contributed by atoms with Gasteiger partial charge >= 0.3 is 0 Å². The molecule has 0 unspecified atom stereocenters. The van der Waals surface area contributed by atoms with Crippen LogP contribution in [0.1, 0.15) is 19.3 Å². The molecule has 94 valence electrons. The van der Waals surface area contributed by atoms with E-state index in [1.165, 1.54) is 11.1 Å². The van der Waals surface area contributed by atoms with Gasteiger partial charge in [-0.1, -0.05) is 39.7 Å². The van der Waals surface area contributed by atoms with Crippen LogP contribution in [0.25, 0.3) is 10.9 Å². The molecule has 1 aliphatic carbocycles. The SMILES string of the molecule is O=c1c2ccccc2nnn1CC1(CBr)CCC1. The van der Waals surface area contributed by atoms with Crippen LogP contribution in [0.4, 0.5) is 0 Å². The Kier molecular flexibility index (Phi) is 2.93. The number of aromatic nitrogens is 3. The van der Waals surface area contributed by atoms with Crippen LogP contribution < -0.4 is 5.56 Å². The standard InChI is InChI=1S/C13H14BrN3O/c14-8-13(6-3-7-13)9-17-12(18)10-4-1-2-5-11(10)15-16-17/h1-2,4-5H,3,6-9H2. The Balaban J connectivity index is 2.03. The van der Waals surface area contributed by atoms with E-state index in [4.69, 9.17) is 0 Å². The van der Waals surface area contributed by atoms with Crippen LogP contribution in [0.2, 0.25) is 0 Å². The predicted molar refractivity (Wildman–Crippen MR) is 73.9 cm³/mol. The van der Waals surface area contributed by atoms with Gasteiger partial charge < -0.3 is 0 Å². The van der Waals surface area contributed by atoms with Gasteiger partial charge in [-0.05, 0) is 30.4 Å². The third-order valence-electron chi connectivity index (χ3n) is 3.81. The van der Waals surface area contributed by atoms with Crippen molar-refractivity contribution in [2.75, 3.05) is 5.33 Å². The molecule has 3 rings (SSSR count). The molecule has 1 fully saturated rings. The summed E-state index contributed by atoms with van der Waals surface area (Å²) in [5.74, 6) is 0. The van der Waals surface area contributed by atoms with Crippen LogP contribution in [0, 0.1) is 5.41 Å². The number of alkyl halides is 1. The van der Waals surface area contributed by atoms with Gasteiger partial charge in [-0.2, -0.15) is 0 Å². The van der Waals surface area contributed by atoms with E-state index < -0.39 is 0 Å². The number of hydrogen-bond acceptors (Lipinski definition) is 3. The molecule has 1 aromatic carbocycles. The van der Waals surface area contributed by atoms with Gasteiger partial charge in [-0.3, -0.25) is 4.79 Å². The second-order valence-corrected chi connectivity index (χ2v) is 5.62. The van der Waals surface area contributed by atoms with Gasteiger partial charge in [-0.15, -0.1) is 5.10 Å². The Hall–Kier alpha value is -1.23. The van der Waals surface area contributed by atoms with Crippen LogP contribution in [-0.2, 0) is 6.54 Å². The first kappa shape index (κ1) is 11.8. The molecule has 18 heavy (non-hydrogen) atoms. The molecular formula is C13H14BrN3O. The molecule has 0 radical (unpaired) electrons. The van der Waals surface area contributed by atoms with Gasteiger partial charge in [0.2, 0.25) is 0 Å². The largest absolute Gasteiger partial charge is 0.277 e. The molecule has 0 amide bonds. The van der Waals surface area contributed by atoms with Crippen molar-refractivity contribution < 1.29 is 0 Å². The number of halogens is 1. The van der Waals surface area contributed by atoms with Crippen LogP contribution >= 0.6 is 15.9 Å². The molecule has 0 aliphatic heterocycles. The molecule has 0 bridgehead atoms.